The lowest BCUT2D eigenvalue weighted by Gasteiger charge is -2.40. The summed E-state index contributed by atoms with van der Waals surface area (Å²) in [5.41, 5.74) is 3.65. The van der Waals surface area contributed by atoms with Crippen molar-refractivity contribution in [1.29, 1.82) is 0 Å². The van der Waals surface area contributed by atoms with Crippen LogP contribution < -0.4 is 4.74 Å². The van der Waals surface area contributed by atoms with Gasteiger partial charge in [-0.25, -0.2) is 0 Å². The smallest absolute Gasteiger partial charge is 0.130 e. The van der Waals surface area contributed by atoms with Gasteiger partial charge in [0, 0.05) is 38.4 Å². The van der Waals surface area contributed by atoms with E-state index in [0.29, 0.717) is 12.6 Å². The van der Waals surface area contributed by atoms with E-state index in [4.69, 9.17) is 4.74 Å². The molecule has 2 aromatic carbocycles. The number of benzene rings is 2. The molecular weight excluding hydrogens is 346 g/mol. The summed E-state index contributed by atoms with van der Waals surface area (Å²) in [4.78, 5) is 9.30. The van der Waals surface area contributed by atoms with Crippen molar-refractivity contribution in [3.8, 4) is 5.75 Å². The number of likely N-dealkylation sites (N-methyl/N-ethyl adjacent to an activating group) is 1. The Labute approximate surface area is 167 Å². The van der Waals surface area contributed by atoms with Crippen molar-refractivity contribution in [2.45, 2.75) is 19.2 Å². The van der Waals surface area contributed by atoms with Gasteiger partial charge in [0.25, 0.3) is 0 Å². The zero-order valence-corrected chi connectivity index (χ0v) is 16.4. The quantitative estimate of drug-likeness (QED) is 0.649. The number of nitrogens with zero attached hydrogens (tertiary/aromatic N) is 3. The molecule has 0 N–H and O–H groups in total. The van der Waals surface area contributed by atoms with Crippen LogP contribution in [0.5, 0.6) is 5.75 Å². The van der Waals surface area contributed by atoms with Crippen LogP contribution in [0.4, 0.5) is 0 Å². The molecule has 0 spiro atoms. The predicted molar refractivity (Wildman–Crippen MR) is 112 cm³/mol. The summed E-state index contributed by atoms with van der Waals surface area (Å²) in [5.74, 6) is 0.882. The third-order valence-electron chi connectivity index (χ3n) is 5.30. The van der Waals surface area contributed by atoms with E-state index >= 15 is 0 Å². The van der Waals surface area contributed by atoms with Crippen molar-refractivity contribution >= 4 is 0 Å². The Morgan fingerprint density at radius 1 is 0.929 bits per heavy atom. The van der Waals surface area contributed by atoms with Crippen LogP contribution in [0.15, 0.2) is 79.0 Å². The second-order valence-electron chi connectivity index (χ2n) is 7.41. The van der Waals surface area contributed by atoms with E-state index in [1.807, 2.05) is 18.2 Å². The van der Waals surface area contributed by atoms with Crippen molar-refractivity contribution in [3.63, 3.8) is 0 Å². The molecule has 0 saturated carbocycles. The van der Waals surface area contributed by atoms with E-state index in [0.717, 1.165) is 37.6 Å². The Hall–Kier alpha value is -2.69. The summed E-state index contributed by atoms with van der Waals surface area (Å²) in [6.07, 6.45) is 1.79. The van der Waals surface area contributed by atoms with Gasteiger partial charge in [-0.3, -0.25) is 9.88 Å². The van der Waals surface area contributed by atoms with Crippen LogP contribution in [0.1, 0.15) is 22.9 Å². The molecule has 0 amide bonds. The molecule has 1 aliphatic rings. The fourth-order valence-electron chi connectivity index (χ4n) is 3.70. The first-order valence-electron chi connectivity index (χ1n) is 9.87. The number of rotatable bonds is 6. The van der Waals surface area contributed by atoms with Gasteiger partial charge in [0.15, 0.2) is 0 Å². The highest BCUT2D eigenvalue weighted by atomic mass is 16.5. The first-order valence-corrected chi connectivity index (χ1v) is 9.87. The molecule has 2 heterocycles. The van der Waals surface area contributed by atoms with Crippen molar-refractivity contribution in [2.24, 2.45) is 0 Å². The molecule has 144 valence electrons. The minimum absolute atomic E-state index is 0.431. The van der Waals surface area contributed by atoms with Gasteiger partial charge >= 0.3 is 0 Å². The third kappa shape index (κ3) is 4.77. The summed E-state index contributed by atoms with van der Waals surface area (Å²) in [6.45, 7) is 4.69. The molecule has 4 heteroatoms. The maximum Gasteiger partial charge on any atom is 0.130 e. The van der Waals surface area contributed by atoms with Crippen molar-refractivity contribution in [1.82, 2.24) is 14.8 Å². The molecule has 1 atom stereocenters. The zero-order valence-electron chi connectivity index (χ0n) is 16.4. The van der Waals surface area contributed by atoms with Gasteiger partial charge in [0.05, 0.1) is 5.69 Å². The van der Waals surface area contributed by atoms with Gasteiger partial charge < -0.3 is 9.64 Å². The molecule has 1 aromatic heterocycles. The predicted octanol–water partition coefficient (Wildman–Crippen LogP) is 4.15. The van der Waals surface area contributed by atoms with Crippen molar-refractivity contribution in [2.75, 3.05) is 26.7 Å². The van der Waals surface area contributed by atoms with Gasteiger partial charge in [-0.15, -0.1) is 0 Å². The van der Waals surface area contributed by atoms with Gasteiger partial charge in [0.1, 0.15) is 12.4 Å². The van der Waals surface area contributed by atoms with Gasteiger partial charge in [-0.1, -0.05) is 48.5 Å². The highest BCUT2D eigenvalue weighted by Crippen LogP contribution is 2.27. The van der Waals surface area contributed by atoms with Crippen LogP contribution in [0.2, 0.25) is 0 Å². The highest BCUT2D eigenvalue weighted by molar-refractivity contribution is 5.28. The second kappa shape index (κ2) is 9.00. The number of ether oxygens (including phenoxy) is 1. The highest BCUT2D eigenvalue weighted by Gasteiger charge is 2.26. The number of pyridine rings is 1. The fraction of sp³-hybridized carbons (Fsp3) is 0.292. The van der Waals surface area contributed by atoms with Crippen LogP contribution in [-0.2, 0) is 13.2 Å². The van der Waals surface area contributed by atoms with Crippen LogP contribution in [0.25, 0.3) is 0 Å². The zero-order chi connectivity index (χ0) is 19.2. The summed E-state index contributed by atoms with van der Waals surface area (Å²) in [6, 6.07) is 25.6. The van der Waals surface area contributed by atoms with E-state index in [1.165, 1.54) is 11.1 Å². The number of piperazine rings is 1. The molecule has 1 aliphatic heterocycles. The Balaban J connectivity index is 1.40. The number of hydrogen-bond acceptors (Lipinski definition) is 4. The van der Waals surface area contributed by atoms with Crippen molar-refractivity contribution < 1.29 is 4.74 Å². The average molecular weight is 374 g/mol. The maximum atomic E-state index is 5.86. The van der Waals surface area contributed by atoms with Crippen molar-refractivity contribution in [3.05, 3.63) is 95.8 Å². The second-order valence-corrected chi connectivity index (χ2v) is 7.41. The van der Waals surface area contributed by atoms with Crippen LogP contribution in [0, 0.1) is 0 Å². The molecular formula is C24H27N3O. The van der Waals surface area contributed by atoms with E-state index in [1.54, 1.807) is 6.20 Å². The standard InChI is InChI=1S/C24H27N3O/c1-26-15-16-27(24(18-26)21-7-3-2-4-8-21)17-20-10-12-23(13-11-20)28-19-22-9-5-6-14-25-22/h2-14,24H,15-19H2,1H3/t24-/m1/s1. The average Bonchev–Trinajstić information content (AvgIpc) is 2.76. The van der Waals surface area contributed by atoms with Crippen LogP contribution in [0.3, 0.4) is 0 Å². The molecule has 0 bridgehead atoms. The van der Waals surface area contributed by atoms with Crippen LogP contribution in [-0.4, -0.2) is 41.5 Å². The summed E-state index contributed by atoms with van der Waals surface area (Å²) < 4.78 is 5.86. The van der Waals surface area contributed by atoms with E-state index < -0.39 is 0 Å². The molecule has 0 radical (unpaired) electrons. The maximum absolute atomic E-state index is 5.86. The van der Waals surface area contributed by atoms with Gasteiger partial charge in [-0.2, -0.15) is 0 Å². The first-order chi connectivity index (χ1) is 13.8. The van der Waals surface area contributed by atoms with Gasteiger partial charge in [-0.05, 0) is 42.4 Å². The molecule has 0 aliphatic carbocycles. The van der Waals surface area contributed by atoms with Crippen LogP contribution >= 0.6 is 0 Å². The molecule has 3 aromatic rings. The molecule has 0 unspecified atom stereocenters. The van der Waals surface area contributed by atoms with E-state index in [2.05, 4.69) is 76.4 Å². The normalized spacial score (nSPS) is 18.1. The molecule has 4 rings (SSSR count). The lowest BCUT2D eigenvalue weighted by molar-refractivity contribution is 0.0833. The number of aromatic nitrogens is 1. The molecule has 1 saturated heterocycles. The molecule has 28 heavy (non-hydrogen) atoms. The lowest BCUT2D eigenvalue weighted by atomic mass is 10.0. The Morgan fingerprint density at radius 2 is 1.71 bits per heavy atom. The monoisotopic (exact) mass is 373 g/mol. The van der Waals surface area contributed by atoms with E-state index in [9.17, 15) is 0 Å². The fourth-order valence-corrected chi connectivity index (χ4v) is 3.70. The van der Waals surface area contributed by atoms with Gasteiger partial charge in [0.2, 0.25) is 0 Å². The molecule has 4 nitrogen and oxygen atoms in total. The minimum Gasteiger partial charge on any atom is -0.487 e. The Bertz CT molecular complexity index is 852. The van der Waals surface area contributed by atoms with E-state index in [-0.39, 0.29) is 0 Å². The third-order valence-corrected chi connectivity index (χ3v) is 5.30. The first kappa shape index (κ1) is 18.7. The lowest BCUT2D eigenvalue weighted by Crippen LogP contribution is -2.46. The summed E-state index contributed by atoms with van der Waals surface area (Å²) >= 11 is 0. The number of hydrogen-bond donors (Lipinski definition) is 0. The molecule has 1 fully saturated rings. The minimum atomic E-state index is 0.431. The summed E-state index contributed by atoms with van der Waals surface area (Å²) in [7, 11) is 2.21. The Morgan fingerprint density at radius 3 is 2.46 bits per heavy atom. The summed E-state index contributed by atoms with van der Waals surface area (Å²) in [5, 5.41) is 0. The SMILES string of the molecule is CN1CCN(Cc2ccc(OCc3ccccn3)cc2)[C@@H](c2ccccc2)C1. The largest absolute Gasteiger partial charge is 0.487 e. The Kier molecular flexibility index (Phi) is 6.00. The topological polar surface area (TPSA) is 28.6 Å².